The Morgan fingerprint density at radius 3 is 2.88 bits per heavy atom. The minimum Gasteiger partial charge on any atom is -0.480 e. The Morgan fingerprint density at radius 2 is 2.25 bits per heavy atom. The molecule has 1 atom stereocenters. The first-order valence-corrected chi connectivity index (χ1v) is 5.63. The van der Waals surface area contributed by atoms with Crippen molar-refractivity contribution >= 4 is 33.5 Å². The molecule has 16 heavy (non-hydrogen) atoms. The molecule has 0 bridgehead atoms. The van der Waals surface area contributed by atoms with Crippen LogP contribution >= 0.6 is 15.9 Å². The third-order valence-corrected chi connectivity index (χ3v) is 3.15. The Hall–Kier alpha value is -1.36. The average Bonchev–Trinajstić information content (AvgIpc) is 2.51. The van der Waals surface area contributed by atoms with E-state index in [2.05, 4.69) is 15.9 Å². The second kappa shape index (κ2) is 3.90. The van der Waals surface area contributed by atoms with Crippen molar-refractivity contribution < 1.29 is 14.7 Å². The Balaban J connectivity index is 2.44. The number of aliphatic carboxylic acids is 1. The molecule has 1 amide bonds. The highest BCUT2D eigenvalue weighted by molar-refractivity contribution is 9.10. The summed E-state index contributed by atoms with van der Waals surface area (Å²) in [5.74, 6) is -1.16. The van der Waals surface area contributed by atoms with E-state index in [-0.39, 0.29) is 12.3 Å². The van der Waals surface area contributed by atoms with Gasteiger partial charge in [-0.2, -0.15) is 0 Å². The van der Waals surface area contributed by atoms with Crippen LogP contribution in [-0.2, 0) is 16.0 Å². The summed E-state index contributed by atoms with van der Waals surface area (Å²) in [5, 5.41) is 8.94. The summed E-state index contributed by atoms with van der Waals surface area (Å²) in [7, 11) is 0. The molecule has 0 fully saturated rings. The van der Waals surface area contributed by atoms with Crippen LogP contribution in [0, 0.1) is 0 Å². The topological polar surface area (TPSA) is 57.6 Å². The fourth-order valence-electron chi connectivity index (χ4n) is 1.85. The molecule has 1 N–H and O–H groups in total. The van der Waals surface area contributed by atoms with Gasteiger partial charge in [-0.05, 0) is 30.7 Å². The van der Waals surface area contributed by atoms with Crippen LogP contribution in [0.5, 0.6) is 0 Å². The Morgan fingerprint density at radius 1 is 1.56 bits per heavy atom. The maximum absolute atomic E-state index is 11.7. The maximum Gasteiger partial charge on any atom is 0.326 e. The third kappa shape index (κ3) is 1.71. The number of rotatable bonds is 2. The molecule has 0 radical (unpaired) electrons. The number of carboxylic acids is 1. The van der Waals surface area contributed by atoms with Gasteiger partial charge in [-0.15, -0.1) is 0 Å². The molecule has 0 aromatic heterocycles. The first-order chi connectivity index (χ1) is 7.50. The molecular formula is C11H10BrNO3. The highest BCUT2D eigenvalue weighted by Crippen LogP contribution is 2.32. The molecule has 0 aliphatic carbocycles. The fraction of sp³-hybridized carbons (Fsp3) is 0.273. The number of carbonyl (C=O) groups excluding carboxylic acids is 1. The van der Waals surface area contributed by atoms with Gasteiger partial charge < -0.3 is 5.11 Å². The normalized spacial score (nSPS) is 16.1. The van der Waals surface area contributed by atoms with Crippen molar-refractivity contribution in [1.82, 2.24) is 0 Å². The fourth-order valence-corrected chi connectivity index (χ4v) is 2.26. The van der Waals surface area contributed by atoms with E-state index < -0.39 is 12.0 Å². The lowest BCUT2D eigenvalue weighted by Crippen LogP contribution is -2.41. The number of carboxylic acid groups (broad SMARTS) is 1. The molecule has 2 rings (SSSR count). The zero-order valence-corrected chi connectivity index (χ0v) is 10.2. The van der Waals surface area contributed by atoms with E-state index in [0.29, 0.717) is 5.69 Å². The van der Waals surface area contributed by atoms with Crippen molar-refractivity contribution in [2.75, 3.05) is 4.90 Å². The lowest BCUT2D eigenvalue weighted by molar-refractivity contribution is -0.139. The van der Waals surface area contributed by atoms with Crippen molar-refractivity contribution in [2.24, 2.45) is 0 Å². The molecule has 1 aliphatic heterocycles. The predicted molar refractivity (Wildman–Crippen MR) is 62.4 cm³/mol. The quantitative estimate of drug-likeness (QED) is 0.901. The number of hydrogen-bond donors (Lipinski definition) is 1. The van der Waals surface area contributed by atoms with Crippen LogP contribution in [0.2, 0.25) is 0 Å². The van der Waals surface area contributed by atoms with Gasteiger partial charge in [0.15, 0.2) is 0 Å². The number of benzene rings is 1. The zero-order chi connectivity index (χ0) is 11.9. The first-order valence-electron chi connectivity index (χ1n) is 4.84. The number of anilines is 1. The van der Waals surface area contributed by atoms with Crippen molar-refractivity contribution in [3.63, 3.8) is 0 Å². The number of amides is 1. The number of carbonyl (C=O) groups is 2. The summed E-state index contributed by atoms with van der Waals surface area (Å²) in [4.78, 5) is 24.0. The number of halogens is 1. The number of hydrogen-bond acceptors (Lipinski definition) is 2. The summed E-state index contributed by atoms with van der Waals surface area (Å²) < 4.78 is 0.892. The molecular weight excluding hydrogens is 274 g/mol. The van der Waals surface area contributed by atoms with E-state index in [4.69, 9.17) is 5.11 Å². The highest BCUT2D eigenvalue weighted by Gasteiger charge is 2.34. The summed E-state index contributed by atoms with van der Waals surface area (Å²) in [6, 6.07) is 4.60. The molecule has 84 valence electrons. The zero-order valence-electron chi connectivity index (χ0n) is 8.61. The van der Waals surface area contributed by atoms with Gasteiger partial charge in [-0.3, -0.25) is 9.69 Å². The van der Waals surface area contributed by atoms with Crippen LogP contribution in [0.1, 0.15) is 12.5 Å². The number of fused-ring (bicyclic) bond motifs is 1. The van der Waals surface area contributed by atoms with Gasteiger partial charge in [-0.25, -0.2) is 4.79 Å². The van der Waals surface area contributed by atoms with Crippen LogP contribution < -0.4 is 4.90 Å². The van der Waals surface area contributed by atoms with E-state index in [1.165, 1.54) is 11.8 Å². The summed E-state index contributed by atoms with van der Waals surface area (Å²) in [6.45, 7) is 1.51. The van der Waals surface area contributed by atoms with Crippen molar-refractivity contribution in [3.8, 4) is 0 Å². The van der Waals surface area contributed by atoms with Crippen molar-refractivity contribution in [1.29, 1.82) is 0 Å². The Kier molecular flexibility index (Phi) is 2.71. The summed E-state index contributed by atoms with van der Waals surface area (Å²) in [5.41, 5.74) is 1.57. The van der Waals surface area contributed by atoms with Gasteiger partial charge in [0.2, 0.25) is 5.91 Å². The lowest BCUT2D eigenvalue weighted by atomic mass is 10.2. The van der Waals surface area contributed by atoms with E-state index in [0.717, 1.165) is 10.0 Å². The van der Waals surface area contributed by atoms with Gasteiger partial charge in [0.1, 0.15) is 6.04 Å². The van der Waals surface area contributed by atoms with E-state index in [1.807, 2.05) is 6.07 Å². The second-order valence-corrected chi connectivity index (χ2v) is 4.64. The van der Waals surface area contributed by atoms with E-state index >= 15 is 0 Å². The Labute approximate surface area is 101 Å². The van der Waals surface area contributed by atoms with Crippen LogP contribution in [0.25, 0.3) is 0 Å². The van der Waals surface area contributed by atoms with Crippen molar-refractivity contribution in [2.45, 2.75) is 19.4 Å². The van der Waals surface area contributed by atoms with E-state index in [9.17, 15) is 9.59 Å². The molecule has 1 unspecified atom stereocenters. The van der Waals surface area contributed by atoms with Crippen molar-refractivity contribution in [3.05, 3.63) is 28.2 Å². The highest BCUT2D eigenvalue weighted by atomic mass is 79.9. The standard InChI is InChI=1S/C11H10BrNO3/c1-6(11(15)16)13-9-3-2-8(12)4-7(9)5-10(13)14/h2-4,6H,5H2,1H3,(H,15,16). The molecule has 1 heterocycles. The molecule has 0 saturated heterocycles. The summed E-state index contributed by atoms with van der Waals surface area (Å²) in [6.07, 6.45) is 0.270. The molecule has 5 heteroatoms. The van der Waals surface area contributed by atoms with Crippen LogP contribution in [0.3, 0.4) is 0 Å². The minimum absolute atomic E-state index is 0.164. The Bertz CT molecular complexity index is 472. The van der Waals surface area contributed by atoms with Crippen LogP contribution in [0.15, 0.2) is 22.7 Å². The largest absolute Gasteiger partial charge is 0.480 e. The van der Waals surface area contributed by atoms with Gasteiger partial charge >= 0.3 is 5.97 Å². The molecule has 0 spiro atoms. The first kappa shape index (κ1) is 11.1. The molecule has 1 aromatic carbocycles. The molecule has 4 nitrogen and oxygen atoms in total. The monoisotopic (exact) mass is 283 g/mol. The van der Waals surface area contributed by atoms with Crippen LogP contribution in [-0.4, -0.2) is 23.0 Å². The smallest absolute Gasteiger partial charge is 0.326 e. The molecule has 1 aromatic rings. The third-order valence-electron chi connectivity index (χ3n) is 2.66. The predicted octanol–water partition coefficient (Wildman–Crippen LogP) is 1.81. The van der Waals surface area contributed by atoms with Crippen LogP contribution in [0.4, 0.5) is 5.69 Å². The number of nitrogens with zero attached hydrogens (tertiary/aromatic N) is 1. The minimum atomic E-state index is -0.996. The lowest BCUT2D eigenvalue weighted by Gasteiger charge is -2.21. The average molecular weight is 284 g/mol. The van der Waals surface area contributed by atoms with Gasteiger partial charge in [0.25, 0.3) is 0 Å². The molecule has 1 aliphatic rings. The summed E-state index contributed by atoms with van der Waals surface area (Å²) >= 11 is 3.32. The van der Waals surface area contributed by atoms with E-state index in [1.54, 1.807) is 12.1 Å². The second-order valence-electron chi connectivity index (χ2n) is 3.73. The molecule has 0 saturated carbocycles. The van der Waals surface area contributed by atoms with Gasteiger partial charge in [0.05, 0.1) is 6.42 Å². The SMILES string of the molecule is CC(C(=O)O)N1C(=O)Cc2cc(Br)ccc21. The van der Waals surface area contributed by atoms with Gasteiger partial charge in [0, 0.05) is 10.2 Å². The maximum atomic E-state index is 11.7. The van der Waals surface area contributed by atoms with Gasteiger partial charge in [-0.1, -0.05) is 15.9 Å².